The van der Waals surface area contributed by atoms with Gasteiger partial charge in [0.05, 0.1) is 11.2 Å². The molecule has 4 nitrogen and oxygen atoms in total. The molecule has 1 fully saturated rings. The van der Waals surface area contributed by atoms with Gasteiger partial charge >= 0.3 is 7.12 Å². The molecule has 0 atom stereocenters. The van der Waals surface area contributed by atoms with E-state index < -0.39 is 0 Å². The van der Waals surface area contributed by atoms with Crippen LogP contribution in [0.15, 0.2) is 24.3 Å². The monoisotopic (exact) mass is 280 g/mol. The molecular weight excluding hydrogens is 251 g/mol. The van der Waals surface area contributed by atoms with Gasteiger partial charge < -0.3 is 19.1 Å². The molecule has 1 saturated heterocycles. The number of rotatable bonds is 6. The van der Waals surface area contributed by atoms with Gasteiger partial charge in [-0.25, -0.2) is 0 Å². The summed E-state index contributed by atoms with van der Waals surface area (Å²) in [4.78, 5) is 4.30. The van der Waals surface area contributed by atoms with Crippen molar-refractivity contribution in [2.45, 2.75) is 38.9 Å². The van der Waals surface area contributed by atoms with Crippen LogP contribution in [0.1, 0.15) is 27.7 Å². The van der Waals surface area contributed by atoms with Gasteiger partial charge in [-0.3, -0.25) is 0 Å². The second-order valence-corrected chi connectivity index (χ2v) is 6.71. The fourth-order valence-corrected chi connectivity index (χ4v) is 1.87. The Morgan fingerprint density at radius 3 is 1.95 bits per heavy atom. The van der Waals surface area contributed by atoms with Gasteiger partial charge in [-0.1, -0.05) is 12.7 Å². The highest BCUT2D eigenvalue weighted by Gasteiger charge is 2.52. The summed E-state index contributed by atoms with van der Waals surface area (Å²) in [6.07, 6.45) is 3.87. The lowest BCUT2D eigenvalue weighted by Crippen LogP contribution is -2.41. The molecule has 0 aromatic carbocycles. The fourth-order valence-electron chi connectivity index (χ4n) is 1.87. The zero-order valence-electron chi connectivity index (χ0n) is 14.1. The van der Waals surface area contributed by atoms with E-state index in [0.717, 1.165) is 18.6 Å². The molecule has 0 amide bonds. The molecule has 114 valence electrons. The van der Waals surface area contributed by atoms with Crippen LogP contribution in [0, 0.1) is 0 Å². The van der Waals surface area contributed by atoms with Gasteiger partial charge in [0.25, 0.3) is 0 Å². The van der Waals surface area contributed by atoms with Crippen LogP contribution in [0.4, 0.5) is 0 Å². The molecule has 1 aliphatic heterocycles. The molecule has 0 aromatic rings. The number of hydrogen-bond donors (Lipinski definition) is 0. The first-order valence-corrected chi connectivity index (χ1v) is 7.14. The highest BCUT2D eigenvalue weighted by Crippen LogP contribution is 2.38. The highest BCUT2D eigenvalue weighted by molar-refractivity contribution is 6.55. The van der Waals surface area contributed by atoms with E-state index in [1.165, 1.54) is 0 Å². The largest absolute Gasteiger partial charge is 0.496 e. The van der Waals surface area contributed by atoms with Gasteiger partial charge in [0.2, 0.25) is 0 Å². The molecular formula is C15H29BN2O2. The van der Waals surface area contributed by atoms with Crippen molar-refractivity contribution in [2.24, 2.45) is 0 Å². The number of allylic oxidation sites excluding steroid dienone is 2. The Morgan fingerprint density at radius 2 is 1.55 bits per heavy atom. The average Bonchev–Trinajstić information content (AvgIpc) is 2.52. The summed E-state index contributed by atoms with van der Waals surface area (Å²) < 4.78 is 12.1. The minimum atomic E-state index is -0.348. The summed E-state index contributed by atoms with van der Waals surface area (Å²) >= 11 is 0. The molecule has 0 spiro atoms. The third-order valence-corrected chi connectivity index (χ3v) is 4.03. The molecule has 1 aliphatic rings. The van der Waals surface area contributed by atoms with E-state index in [1.54, 1.807) is 0 Å². The Bertz CT molecular complexity index is 362. The van der Waals surface area contributed by atoms with Crippen LogP contribution < -0.4 is 0 Å². The highest BCUT2D eigenvalue weighted by atomic mass is 16.7. The van der Waals surface area contributed by atoms with Crippen molar-refractivity contribution in [3.8, 4) is 0 Å². The van der Waals surface area contributed by atoms with E-state index in [9.17, 15) is 0 Å². The Labute approximate surface area is 124 Å². The van der Waals surface area contributed by atoms with Crippen LogP contribution in [-0.4, -0.2) is 62.4 Å². The normalized spacial score (nSPS) is 21.4. The van der Waals surface area contributed by atoms with Crippen molar-refractivity contribution in [2.75, 3.05) is 34.2 Å². The average molecular weight is 280 g/mol. The number of hydrogen-bond acceptors (Lipinski definition) is 4. The van der Waals surface area contributed by atoms with Crippen LogP contribution in [0.2, 0.25) is 0 Å². The van der Waals surface area contributed by atoms with Gasteiger partial charge in [-0.2, -0.15) is 0 Å². The molecule has 20 heavy (non-hydrogen) atoms. The third-order valence-electron chi connectivity index (χ3n) is 4.03. The molecule has 0 saturated carbocycles. The van der Waals surface area contributed by atoms with Crippen molar-refractivity contribution >= 4 is 7.12 Å². The Hall–Kier alpha value is -0.775. The van der Waals surface area contributed by atoms with E-state index in [-0.39, 0.29) is 18.3 Å². The topological polar surface area (TPSA) is 24.9 Å². The molecule has 0 radical (unpaired) electrons. The maximum absolute atomic E-state index is 6.04. The molecule has 1 rings (SSSR count). The second-order valence-electron chi connectivity index (χ2n) is 6.71. The smallest absolute Gasteiger partial charge is 0.399 e. The van der Waals surface area contributed by atoms with Crippen LogP contribution in [0.5, 0.6) is 0 Å². The summed E-state index contributed by atoms with van der Waals surface area (Å²) in [6.45, 7) is 14.1. The zero-order chi connectivity index (χ0) is 15.6. The van der Waals surface area contributed by atoms with E-state index in [0.29, 0.717) is 0 Å². The maximum Gasteiger partial charge on any atom is 0.496 e. The lowest BCUT2D eigenvalue weighted by molar-refractivity contribution is 0.00578. The van der Waals surface area contributed by atoms with Crippen LogP contribution in [-0.2, 0) is 9.31 Å². The Morgan fingerprint density at radius 1 is 1.05 bits per heavy atom. The first-order chi connectivity index (χ1) is 9.09. The van der Waals surface area contributed by atoms with Gasteiger partial charge in [0.15, 0.2) is 0 Å². The minimum Gasteiger partial charge on any atom is -0.399 e. The maximum atomic E-state index is 6.04. The molecule has 0 bridgehead atoms. The van der Waals surface area contributed by atoms with E-state index >= 15 is 0 Å². The van der Waals surface area contributed by atoms with E-state index in [4.69, 9.17) is 9.31 Å². The summed E-state index contributed by atoms with van der Waals surface area (Å²) in [5.74, 6) is 0. The van der Waals surface area contributed by atoms with Crippen molar-refractivity contribution in [1.82, 2.24) is 9.80 Å². The summed E-state index contributed by atoms with van der Waals surface area (Å²) in [6, 6.07) is 0. The quantitative estimate of drug-likeness (QED) is 0.550. The van der Waals surface area contributed by atoms with Crippen LogP contribution in [0.25, 0.3) is 0 Å². The first-order valence-electron chi connectivity index (χ1n) is 7.14. The molecule has 0 aliphatic carbocycles. The molecule has 5 heteroatoms. The molecule has 0 unspecified atom stereocenters. The standard InChI is InChI=1S/C15H29BN2O2/c1-9-13(12-18(8)11-10-17(6)7)16-19-14(2,3)15(4,5)20-16/h9,12H,1,10-11H2,2-8H3/b13-12+. The van der Waals surface area contributed by atoms with Crippen LogP contribution >= 0.6 is 0 Å². The van der Waals surface area contributed by atoms with Crippen LogP contribution in [0.3, 0.4) is 0 Å². The zero-order valence-corrected chi connectivity index (χ0v) is 14.1. The van der Waals surface area contributed by atoms with Gasteiger partial charge in [0.1, 0.15) is 0 Å². The van der Waals surface area contributed by atoms with Gasteiger partial charge in [-0.05, 0) is 53.5 Å². The van der Waals surface area contributed by atoms with E-state index in [1.807, 2.05) is 6.08 Å². The van der Waals surface area contributed by atoms with E-state index in [2.05, 4.69) is 71.4 Å². The Kier molecular flexibility index (Phi) is 5.47. The summed E-state index contributed by atoms with van der Waals surface area (Å²) in [5, 5.41) is 0. The number of likely N-dealkylation sites (N-methyl/N-ethyl adjacent to an activating group) is 2. The Balaban J connectivity index is 2.75. The second kappa shape index (κ2) is 6.33. The third kappa shape index (κ3) is 4.11. The molecule has 1 heterocycles. The lowest BCUT2D eigenvalue weighted by atomic mass is 9.79. The predicted octanol–water partition coefficient (Wildman–Crippen LogP) is 2.18. The summed E-state index contributed by atoms with van der Waals surface area (Å²) in [5.41, 5.74) is 0.328. The minimum absolute atomic E-state index is 0.317. The van der Waals surface area contributed by atoms with Crippen molar-refractivity contribution < 1.29 is 9.31 Å². The lowest BCUT2D eigenvalue weighted by Gasteiger charge is -2.32. The molecule has 0 N–H and O–H groups in total. The first kappa shape index (κ1) is 17.3. The van der Waals surface area contributed by atoms with Crippen molar-refractivity contribution in [1.29, 1.82) is 0 Å². The molecule has 0 aromatic heterocycles. The SMILES string of the molecule is C=C/C(=C\N(C)CCN(C)C)B1OC(C)(C)C(C)(C)O1. The van der Waals surface area contributed by atoms with Crippen molar-refractivity contribution in [3.63, 3.8) is 0 Å². The number of nitrogens with zero attached hydrogens (tertiary/aromatic N) is 2. The fraction of sp³-hybridized carbons (Fsp3) is 0.733. The predicted molar refractivity (Wildman–Crippen MR) is 85.5 cm³/mol. The van der Waals surface area contributed by atoms with Gasteiger partial charge in [0, 0.05) is 20.1 Å². The summed E-state index contributed by atoms with van der Waals surface area (Å²) in [7, 11) is 5.85. The van der Waals surface area contributed by atoms with Gasteiger partial charge in [-0.15, -0.1) is 0 Å². The van der Waals surface area contributed by atoms with Crippen molar-refractivity contribution in [3.05, 3.63) is 24.3 Å².